The van der Waals surface area contributed by atoms with Crippen molar-refractivity contribution in [3.05, 3.63) is 89.0 Å². The molecular weight excluding hydrogens is 424 g/mol. The largest absolute Gasteiger partial charge is 0.497 e. The lowest BCUT2D eigenvalue weighted by Crippen LogP contribution is -2.35. The minimum absolute atomic E-state index is 0.192. The van der Waals surface area contributed by atoms with E-state index < -0.39 is 10.0 Å². The summed E-state index contributed by atoms with van der Waals surface area (Å²) < 4.78 is 33.0. The van der Waals surface area contributed by atoms with E-state index in [0.717, 1.165) is 28.9 Å². The molecule has 4 rings (SSSR count). The highest BCUT2D eigenvalue weighted by atomic mass is 32.2. The Morgan fingerprint density at radius 3 is 2.44 bits per heavy atom. The van der Waals surface area contributed by atoms with Crippen LogP contribution in [0, 0.1) is 6.92 Å². The molecule has 1 aliphatic rings. The molecule has 1 amide bonds. The van der Waals surface area contributed by atoms with E-state index in [2.05, 4.69) is 5.32 Å². The molecule has 1 N–H and O–H groups in total. The maximum Gasteiger partial charge on any atom is 0.264 e. The SMILES string of the molecule is COc1ccc(CNC(=O)c2ccc3c(c2)CCCN3S(=O)(=O)c2ccc(C)cc2)cc1. The van der Waals surface area contributed by atoms with Crippen molar-refractivity contribution in [2.24, 2.45) is 0 Å². The summed E-state index contributed by atoms with van der Waals surface area (Å²) in [4.78, 5) is 13.0. The van der Waals surface area contributed by atoms with Gasteiger partial charge >= 0.3 is 0 Å². The number of fused-ring (bicyclic) bond motifs is 1. The molecule has 0 saturated carbocycles. The number of nitrogens with zero attached hydrogens (tertiary/aromatic N) is 1. The number of rotatable bonds is 6. The summed E-state index contributed by atoms with van der Waals surface area (Å²) in [6.07, 6.45) is 1.43. The second-order valence-electron chi connectivity index (χ2n) is 7.87. The van der Waals surface area contributed by atoms with E-state index in [-0.39, 0.29) is 10.8 Å². The van der Waals surface area contributed by atoms with Crippen LogP contribution < -0.4 is 14.4 Å². The highest BCUT2D eigenvalue weighted by molar-refractivity contribution is 7.92. The number of nitrogens with one attached hydrogen (secondary N) is 1. The predicted molar refractivity (Wildman–Crippen MR) is 125 cm³/mol. The molecule has 6 nitrogen and oxygen atoms in total. The van der Waals surface area contributed by atoms with Crippen LogP contribution in [-0.4, -0.2) is 28.0 Å². The topological polar surface area (TPSA) is 75.7 Å². The van der Waals surface area contributed by atoms with Crippen molar-refractivity contribution in [2.75, 3.05) is 18.0 Å². The van der Waals surface area contributed by atoms with Crippen molar-refractivity contribution in [2.45, 2.75) is 31.2 Å². The molecule has 3 aromatic carbocycles. The van der Waals surface area contributed by atoms with Crippen LogP contribution in [0.2, 0.25) is 0 Å². The average Bonchev–Trinajstić information content (AvgIpc) is 2.82. The van der Waals surface area contributed by atoms with Gasteiger partial charge in [-0.15, -0.1) is 0 Å². The van der Waals surface area contributed by atoms with Crippen LogP contribution in [0.3, 0.4) is 0 Å². The van der Waals surface area contributed by atoms with E-state index in [9.17, 15) is 13.2 Å². The second-order valence-corrected chi connectivity index (χ2v) is 9.73. The van der Waals surface area contributed by atoms with Crippen molar-refractivity contribution in [3.63, 3.8) is 0 Å². The molecule has 1 aliphatic heterocycles. The third-order valence-corrected chi connectivity index (χ3v) is 7.47. The van der Waals surface area contributed by atoms with E-state index in [4.69, 9.17) is 4.74 Å². The standard InChI is InChI=1S/C25H26N2O4S/c1-18-5-12-23(13-6-18)32(29,30)27-15-3-4-20-16-21(9-14-24(20)27)25(28)26-17-19-7-10-22(31-2)11-8-19/h5-14,16H,3-4,15,17H2,1-2H3,(H,26,28). The van der Waals surface area contributed by atoms with Gasteiger partial charge in [0, 0.05) is 18.7 Å². The first kappa shape index (κ1) is 21.9. The average molecular weight is 451 g/mol. The van der Waals surface area contributed by atoms with Crippen LogP contribution in [0.5, 0.6) is 5.75 Å². The maximum absolute atomic E-state index is 13.2. The highest BCUT2D eigenvalue weighted by Gasteiger charge is 2.29. The Morgan fingerprint density at radius 1 is 1.03 bits per heavy atom. The van der Waals surface area contributed by atoms with E-state index >= 15 is 0 Å². The van der Waals surface area contributed by atoms with E-state index in [1.165, 1.54) is 4.31 Å². The monoisotopic (exact) mass is 450 g/mol. The summed E-state index contributed by atoms with van der Waals surface area (Å²) in [7, 11) is -2.04. The van der Waals surface area contributed by atoms with Crippen molar-refractivity contribution in [1.29, 1.82) is 0 Å². The van der Waals surface area contributed by atoms with Crippen molar-refractivity contribution in [1.82, 2.24) is 5.32 Å². The quantitative estimate of drug-likeness (QED) is 0.614. The van der Waals surface area contributed by atoms with Gasteiger partial charge in [-0.1, -0.05) is 29.8 Å². The number of hydrogen-bond acceptors (Lipinski definition) is 4. The number of methoxy groups -OCH3 is 1. The molecule has 3 aromatic rings. The molecule has 0 unspecified atom stereocenters. The molecule has 32 heavy (non-hydrogen) atoms. The van der Waals surface area contributed by atoms with Gasteiger partial charge in [-0.25, -0.2) is 8.42 Å². The Balaban J connectivity index is 1.52. The van der Waals surface area contributed by atoms with Gasteiger partial charge in [-0.2, -0.15) is 0 Å². The molecule has 0 saturated heterocycles. The van der Waals surface area contributed by atoms with Crippen LogP contribution in [0.25, 0.3) is 0 Å². The molecule has 0 spiro atoms. The molecular formula is C25H26N2O4S. The van der Waals surface area contributed by atoms with Gasteiger partial charge < -0.3 is 10.1 Å². The number of aryl methyl sites for hydroxylation is 2. The number of carbonyl (C=O) groups excluding carboxylic acids is 1. The van der Waals surface area contributed by atoms with E-state index in [1.54, 1.807) is 49.6 Å². The van der Waals surface area contributed by atoms with Crippen LogP contribution in [0.1, 0.15) is 33.5 Å². The summed E-state index contributed by atoms with van der Waals surface area (Å²) >= 11 is 0. The first-order chi connectivity index (χ1) is 15.4. The lowest BCUT2D eigenvalue weighted by molar-refractivity contribution is 0.0951. The fraction of sp³-hybridized carbons (Fsp3) is 0.240. The second kappa shape index (κ2) is 9.04. The van der Waals surface area contributed by atoms with Gasteiger partial charge in [0.2, 0.25) is 0 Å². The predicted octanol–water partition coefficient (Wildman–Crippen LogP) is 4.08. The number of hydrogen-bond donors (Lipinski definition) is 1. The molecule has 166 valence electrons. The van der Waals surface area contributed by atoms with Gasteiger partial charge in [0.15, 0.2) is 0 Å². The van der Waals surface area contributed by atoms with Gasteiger partial charge in [-0.05, 0) is 73.4 Å². The highest BCUT2D eigenvalue weighted by Crippen LogP contribution is 2.32. The summed E-state index contributed by atoms with van der Waals surface area (Å²) in [5, 5.41) is 2.92. The lowest BCUT2D eigenvalue weighted by atomic mass is 10.0. The molecule has 0 radical (unpaired) electrons. The van der Waals surface area contributed by atoms with Crippen molar-refractivity contribution < 1.29 is 17.9 Å². The Hall–Kier alpha value is -3.32. The molecule has 0 aliphatic carbocycles. The molecule has 1 heterocycles. The number of anilines is 1. The fourth-order valence-corrected chi connectivity index (χ4v) is 5.36. The Morgan fingerprint density at radius 2 is 1.75 bits per heavy atom. The van der Waals surface area contributed by atoms with Crippen molar-refractivity contribution >= 4 is 21.6 Å². The van der Waals surface area contributed by atoms with Gasteiger partial charge in [0.1, 0.15) is 5.75 Å². The van der Waals surface area contributed by atoms with E-state index in [0.29, 0.717) is 30.8 Å². The van der Waals surface area contributed by atoms with Crippen LogP contribution in [0.4, 0.5) is 5.69 Å². The molecule has 0 fully saturated rings. The number of benzene rings is 3. The number of carbonyl (C=O) groups is 1. The lowest BCUT2D eigenvalue weighted by Gasteiger charge is -2.30. The fourth-order valence-electron chi connectivity index (χ4n) is 3.82. The summed E-state index contributed by atoms with van der Waals surface area (Å²) in [6, 6.07) is 19.6. The first-order valence-electron chi connectivity index (χ1n) is 10.5. The molecule has 0 atom stereocenters. The van der Waals surface area contributed by atoms with Crippen molar-refractivity contribution in [3.8, 4) is 5.75 Å². The zero-order valence-corrected chi connectivity index (χ0v) is 19.0. The van der Waals surface area contributed by atoms with Crippen LogP contribution >= 0.6 is 0 Å². The van der Waals surface area contributed by atoms with Crippen LogP contribution in [0.15, 0.2) is 71.6 Å². The van der Waals surface area contributed by atoms with Gasteiger partial charge in [-0.3, -0.25) is 9.10 Å². The smallest absolute Gasteiger partial charge is 0.264 e. The van der Waals surface area contributed by atoms with Gasteiger partial charge in [0.05, 0.1) is 17.7 Å². The zero-order valence-electron chi connectivity index (χ0n) is 18.2. The number of ether oxygens (including phenoxy) is 1. The van der Waals surface area contributed by atoms with E-state index in [1.807, 2.05) is 31.2 Å². The number of amides is 1. The van der Waals surface area contributed by atoms with Crippen LogP contribution in [-0.2, 0) is 23.0 Å². The Labute approximate surface area is 188 Å². The molecule has 7 heteroatoms. The first-order valence-corrected chi connectivity index (χ1v) is 12.0. The third kappa shape index (κ3) is 4.48. The summed E-state index contributed by atoms with van der Waals surface area (Å²) in [5.41, 5.74) is 4.00. The zero-order chi connectivity index (χ0) is 22.7. The Kier molecular flexibility index (Phi) is 6.19. The number of sulfonamides is 1. The minimum Gasteiger partial charge on any atom is -0.497 e. The summed E-state index contributed by atoms with van der Waals surface area (Å²) in [5.74, 6) is 0.571. The molecule has 0 aromatic heterocycles. The summed E-state index contributed by atoms with van der Waals surface area (Å²) in [6.45, 7) is 2.74. The Bertz CT molecular complexity index is 1220. The minimum atomic E-state index is -3.65. The normalized spacial score (nSPS) is 13.4. The van der Waals surface area contributed by atoms with Gasteiger partial charge in [0.25, 0.3) is 15.9 Å². The molecule has 0 bridgehead atoms. The third-order valence-electron chi connectivity index (χ3n) is 5.64. The maximum atomic E-state index is 13.2.